The lowest BCUT2D eigenvalue weighted by atomic mass is 9.82. The van der Waals surface area contributed by atoms with E-state index in [-0.39, 0.29) is 18.4 Å². The number of allylic oxidation sites excluding steroid dienone is 2. The number of rotatable bonds is 6. The largest absolute Gasteiger partial charge is 0.369 e. The zero-order valence-electron chi connectivity index (χ0n) is 14.5. The zero-order valence-corrected chi connectivity index (χ0v) is 14.5. The van der Waals surface area contributed by atoms with Gasteiger partial charge in [-0.1, -0.05) is 25.6 Å². The van der Waals surface area contributed by atoms with Crippen LogP contribution in [0.25, 0.3) is 11.1 Å². The maximum atomic E-state index is 11.3. The number of likely N-dealkylation sites (tertiary alicyclic amines) is 1. The van der Waals surface area contributed by atoms with Gasteiger partial charge in [0.2, 0.25) is 5.91 Å². The van der Waals surface area contributed by atoms with E-state index >= 15 is 0 Å². The highest BCUT2D eigenvalue weighted by Gasteiger charge is 2.28. The van der Waals surface area contributed by atoms with Gasteiger partial charge < -0.3 is 11.1 Å². The standard InChI is InChI=1S/C19H26N4O/c1-4-15(9-20)19-17(6-5-7-22-19)14(3)16-8-13(2)10-23(11-16)12-18(21)24/h4-7,9,13,16,20H,3,8,10-12H2,1-2H3,(H2,21,24)/b15-4-,20-9?/t13-,16+/m1/s1. The fraction of sp³-hybridized carbons (Fsp3) is 0.421. The Labute approximate surface area is 143 Å². The summed E-state index contributed by atoms with van der Waals surface area (Å²) in [4.78, 5) is 17.8. The third-order valence-electron chi connectivity index (χ3n) is 4.50. The molecule has 2 rings (SSSR count). The number of pyridine rings is 1. The van der Waals surface area contributed by atoms with Crippen molar-refractivity contribution >= 4 is 23.3 Å². The fourth-order valence-electron chi connectivity index (χ4n) is 3.47. The molecule has 2 heterocycles. The van der Waals surface area contributed by atoms with Crippen molar-refractivity contribution in [1.82, 2.24) is 9.88 Å². The summed E-state index contributed by atoms with van der Waals surface area (Å²) in [5, 5.41) is 7.60. The molecular weight excluding hydrogens is 300 g/mol. The van der Waals surface area contributed by atoms with Gasteiger partial charge in [0.05, 0.1) is 12.2 Å². The Kier molecular flexibility index (Phi) is 6.04. The molecule has 24 heavy (non-hydrogen) atoms. The molecule has 5 nitrogen and oxygen atoms in total. The number of amides is 1. The number of carbonyl (C=O) groups is 1. The Morgan fingerprint density at radius 2 is 2.29 bits per heavy atom. The summed E-state index contributed by atoms with van der Waals surface area (Å²) in [6.45, 7) is 10.4. The van der Waals surface area contributed by atoms with E-state index in [0.29, 0.717) is 5.92 Å². The van der Waals surface area contributed by atoms with E-state index in [4.69, 9.17) is 11.1 Å². The second-order valence-electron chi connectivity index (χ2n) is 6.51. The van der Waals surface area contributed by atoms with E-state index in [2.05, 4.69) is 23.4 Å². The van der Waals surface area contributed by atoms with Crippen LogP contribution in [0.3, 0.4) is 0 Å². The Balaban J connectivity index is 2.28. The predicted molar refractivity (Wildman–Crippen MR) is 98.6 cm³/mol. The van der Waals surface area contributed by atoms with E-state index in [1.807, 2.05) is 25.1 Å². The van der Waals surface area contributed by atoms with Gasteiger partial charge in [0.15, 0.2) is 0 Å². The van der Waals surface area contributed by atoms with Gasteiger partial charge >= 0.3 is 0 Å². The maximum Gasteiger partial charge on any atom is 0.231 e. The van der Waals surface area contributed by atoms with Gasteiger partial charge in [0, 0.05) is 36.6 Å². The van der Waals surface area contributed by atoms with Gasteiger partial charge in [-0.15, -0.1) is 0 Å². The molecule has 0 radical (unpaired) electrons. The zero-order chi connectivity index (χ0) is 17.7. The second-order valence-corrected chi connectivity index (χ2v) is 6.51. The van der Waals surface area contributed by atoms with Crippen molar-refractivity contribution in [3.63, 3.8) is 0 Å². The predicted octanol–water partition coefficient (Wildman–Crippen LogP) is 2.59. The monoisotopic (exact) mass is 326 g/mol. The molecule has 1 aliphatic heterocycles. The molecule has 0 aliphatic carbocycles. The lowest BCUT2D eigenvalue weighted by Gasteiger charge is -2.37. The molecule has 1 aromatic heterocycles. The number of piperidine rings is 1. The Hall–Kier alpha value is -2.27. The highest BCUT2D eigenvalue weighted by molar-refractivity contribution is 6.09. The normalized spacial score (nSPS) is 22.2. The van der Waals surface area contributed by atoms with Gasteiger partial charge in [-0.2, -0.15) is 0 Å². The highest BCUT2D eigenvalue weighted by Crippen LogP contribution is 2.34. The number of nitrogens with zero attached hydrogens (tertiary/aromatic N) is 2. The first-order valence-corrected chi connectivity index (χ1v) is 8.28. The van der Waals surface area contributed by atoms with Crippen molar-refractivity contribution in [2.75, 3.05) is 19.6 Å². The van der Waals surface area contributed by atoms with E-state index in [9.17, 15) is 4.79 Å². The summed E-state index contributed by atoms with van der Waals surface area (Å²) in [5.41, 5.74) is 8.92. The molecule has 0 spiro atoms. The van der Waals surface area contributed by atoms with Gasteiger partial charge in [-0.05, 0) is 36.8 Å². The van der Waals surface area contributed by atoms with Crippen LogP contribution in [-0.4, -0.2) is 41.6 Å². The van der Waals surface area contributed by atoms with E-state index in [0.717, 1.165) is 41.9 Å². The minimum Gasteiger partial charge on any atom is -0.369 e. The van der Waals surface area contributed by atoms with Crippen LogP contribution in [0.15, 0.2) is 31.0 Å². The van der Waals surface area contributed by atoms with Crippen molar-refractivity contribution in [2.24, 2.45) is 17.6 Å². The molecule has 1 amide bonds. The number of nitrogens with one attached hydrogen (secondary N) is 1. The number of primary amides is 1. The molecule has 1 saturated heterocycles. The van der Waals surface area contributed by atoms with Crippen LogP contribution in [0.1, 0.15) is 31.5 Å². The van der Waals surface area contributed by atoms with Gasteiger partial charge in [-0.25, -0.2) is 0 Å². The van der Waals surface area contributed by atoms with Crippen LogP contribution in [0, 0.1) is 17.2 Å². The first kappa shape index (κ1) is 18.1. The Morgan fingerprint density at radius 1 is 1.54 bits per heavy atom. The van der Waals surface area contributed by atoms with Gasteiger partial charge in [0.1, 0.15) is 0 Å². The van der Waals surface area contributed by atoms with Crippen LogP contribution >= 0.6 is 0 Å². The first-order valence-electron chi connectivity index (χ1n) is 8.28. The summed E-state index contributed by atoms with van der Waals surface area (Å²) < 4.78 is 0. The number of aromatic nitrogens is 1. The number of carbonyl (C=O) groups excluding carboxylic acids is 1. The smallest absolute Gasteiger partial charge is 0.231 e. The summed E-state index contributed by atoms with van der Waals surface area (Å²) in [6.07, 6.45) is 5.97. The van der Waals surface area contributed by atoms with Crippen LogP contribution in [0.5, 0.6) is 0 Å². The molecule has 0 saturated carbocycles. The highest BCUT2D eigenvalue weighted by atomic mass is 16.1. The molecule has 128 valence electrons. The molecule has 0 aromatic carbocycles. The lowest BCUT2D eigenvalue weighted by Crippen LogP contribution is -2.44. The molecule has 1 fully saturated rings. The van der Waals surface area contributed by atoms with Crippen molar-refractivity contribution in [2.45, 2.75) is 20.3 Å². The first-order chi connectivity index (χ1) is 11.5. The topological polar surface area (TPSA) is 83.1 Å². The summed E-state index contributed by atoms with van der Waals surface area (Å²) >= 11 is 0. The molecule has 1 aromatic rings. The molecule has 3 N–H and O–H groups in total. The van der Waals surface area contributed by atoms with Crippen LogP contribution in [0.4, 0.5) is 0 Å². The number of nitrogens with two attached hydrogens (primary N) is 1. The summed E-state index contributed by atoms with van der Waals surface area (Å²) in [5.74, 6) is 0.430. The lowest BCUT2D eigenvalue weighted by molar-refractivity contribution is -0.119. The molecule has 5 heteroatoms. The molecule has 0 bridgehead atoms. The van der Waals surface area contributed by atoms with Crippen molar-refractivity contribution in [3.8, 4) is 0 Å². The van der Waals surface area contributed by atoms with Crippen LogP contribution in [-0.2, 0) is 4.79 Å². The minimum atomic E-state index is -0.296. The molecule has 1 aliphatic rings. The second kappa shape index (κ2) is 8.02. The number of hydrogen-bond donors (Lipinski definition) is 2. The Bertz CT molecular complexity index is 665. The maximum absolute atomic E-state index is 11.3. The van der Waals surface area contributed by atoms with E-state index in [1.165, 1.54) is 6.21 Å². The minimum absolute atomic E-state index is 0.250. The summed E-state index contributed by atoms with van der Waals surface area (Å²) in [7, 11) is 0. The van der Waals surface area contributed by atoms with E-state index < -0.39 is 0 Å². The fourth-order valence-corrected chi connectivity index (χ4v) is 3.47. The van der Waals surface area contributed by atoms with Crippen molar-refractivity contribution in [1.29, 1.82) is 5.41 Å². The molecule has 2 atom stereocenters. The van der Waals surface area contributed by atoms with E-state index in [1.54, 1.807) is 6.20 Å². The van der Waals surface area contributed by atoms with Gasteiger partial charge in [-0.3, -0.25) is 14.7 Å². The number of hydrogen-bond acceptors (Lipinski definition) is 4. The van der Waals surface area contributed by atoms with Crippen LogP contribution in [0.2, 0.25) is 0 Å². The third kappa shape index (κ3) is 4.17. The molecular formula is C19H26N4O. The average Bonchev–Trinajstić information content (AvgIpc) is 2.54. The van der Waals surface area contributed by atoms with Crippen molar-refractivity contribution < 1.29 is 4.79 Å². The molecule has 0 unspecified atom stereocenters. The van der Waals surface area contributed by atoms with Crippen LogP contribution < -0.4 is 5.73 Å². The summed E-state index contributed by atoms with van der Waals surface area (Å²) in [6, 6.07) is 3.91. The SMILES string of the molecule is C=C(c1cccnc1/C(C=N)=C\C)[C@H]1C[C@@H](C)CN(CC(N)=O)C1. The Morgan fingerprint density at radius 3 is 2.92 bits per heavy atom. The third-order valence-corrected chi connectivity index (χ3v) is 4.50. The van der Waals surface area contributed by atoms with Gasteiger partial charge in [0.25, 0.3) is 0 Å². The van der Waals surface area contributed by atoms with Crippen molar-refractivity contribution in [3.05, 3.63) is 42.2 Å². The quantitative estimate of drug-likeness (QED) is 0.788. The average molecular weight is 326 g/mol.